The van der Waals surface area contributed by atoms with Gasteiger partial charge in [-0.1, -0.05) is 19.8 Å². The van der Waals surface area contributed by atoms with Crippen molar-refractivity contribution < 1.29 is 15.3 Å². The van der Waals surface area contributed by atoms with Crippen LogP contribution < -0.4 is 5.73 Å². The zero-order valence-corrected chi connectivity index (χ0v) is 13.4. The van der Waals surface area contributed by atoms with Gasteiger partial charge >= 0.3 is 0 Å². The molecule has 1 rings (SSSR count). The van der Waals surface area contributed by atoms with Crippen molar-refractivity contribution in [2.24, 2.45) is 5.73 Å². The molecule has 126 valence electrons. The number of hydrogen-bond acceptors (Lipinski definition) is 6. The predicted molar refractivity (Wildman–Crippen MR) is 85.4 cm³/mol. The third-order valence-corrected chi connectivity index (χ3v) is 3.84. The first kappa shape index (κ1) is 19.0. The van der Waals surface area contributed by atoms with E-state index in [1.54, 1.807) is 12.4 Å². The number of rotatable bonds is 11. The van der Waals surface area contributed by atoms with Gasteiger partial charge in [0.05, 0.1) is 24.1 Å². The standard InChI is InChI=1S/C16H29N3O3/c1-2-5-12(6-3-4-7-17)14-10-18-13(9-19-14)8-15(21)16(22)11-20/h9-10,12,15-16,20-22H,2-8,11,17H2,1H3/t12?,15-,16+/m0/s1. The third-order valence-electron chi connectivity index (χ3n) is 3.84. The average Bonchev–Trinajstić information content (AvgIpc) is 2.54. The Morgan fingerprint density at radius 3 is 2.41 bits per heavy atom. The molecule has 1 heterocycles. The van der Waals surface area contributed by atoms with Crippen LogP contribution in [0.25, 0.3) is 0 Å². The van der Waals surface area contributed by atoms with Gasteiger partial charge in [-0.2, -0.15) is 0 Å². The van der Waals surface area contributed by atoms with Crippen LogP contribution in [0.1, 0.15) is 56.3 Å². The molecule has 0 saturated carbocycles. The number of nitrogens with zero attached hydrogens (tertiary/aromatic N) is 2. The largest absolute Gasteiger partial charge is 0.394 e. The molecule has 0 amide bonds. The summed E-state index contributed by atoms with van der Waals surface area (Å²) in [7, 11) is 0. The second-order valence-corrected chi connectivity index (χ2v) is 5.72. The molecule has 0 saturated heterocycles. The maximum Gasteiger partial charge on any atom is 0.103 e. The molecule has 6 nitrogen and oxygen atoms in total. The maximum atomic E-state index is 9.69. The molecular formula is C16H29N3O3. The fraction of sp³-hybridized carbons (Fsp3) is 0.750. The van der Waals surface area contributed by atoms with Crippen molar-refractivity contribution in [3.8, 4) is 0 Å². The first-order chi connectivity index (χ1) is 10.6. The summed E-state index contributed by atoms with van der Waals surface area (Å²) < 4.78 is 0. The van der Waals surface area contributed by atoms with E-state index in [9.17, 15) is 10.2 Å². The van der Waals surface area contributed by atoms with Crippen molar-refractivity contribution in [1.29, 1.82) is 0 Å². The molecule has 0 radical (unpaired) electrons. The number of nitrogens with two attached hydrogens (primary N) is 1. The Labute approximate surface area is 132 Å². The highest BCUT2D eigenvalue weighted by Gasteiger charge is 2.17. The topological polar surface area (TPSA) is 112 Å². The lowest BCUT2D eigenvalue weighted by molar-refractivity contribution is -0.0137. The number of aliphatic hydroxyl groups is 3. The van der Waals surface area contributed by atoms with Crippen LogP contribution >= 0.6 is 0 Å². The second-order valence-electron chi connectivity index (χ2n) is 5.72. The summed E-state index contributed by atoms with van der Waals surface area (Å²) in [4.78, 5) is 8.79. The Bertz CT molecular complexity index is 400. The minimum absolute atomic E-state index is 0.181. The van der Waals surface area contributed by atoms with Crippen LogP contribution in [0.3, 0.4) is 0 Å². The van der Waals surface area contributed by atoms with E-state index >= 15 is 0 Å². The maximum absolute atomic E-state index is 9.69. The molecule has 0 fully saturated rings. The van der Waals surface area contributed by atoms with E-state index < -0.39 is 18.8 Å². The third kappa shape index (κ3) is 6.36. The smallest absolute Gasteiger partial charge is 0.103 e. The monoisotopic (exact) mass is 311 g/mol. The first-order valence-electron chi connectivity index (χ1n) is 8.10. The number of hydrogen-bond donors (Lipinski definition) is 4. The Morgan fingerprint density at radius 1 is 1.09 bits per heavy atom. The summed E-state index contributed by atoms with van der Waals surface area (Å²) >= 11 is 0. The van der Waals surface area contributed by atoms with Gasteiger partial charge in [0.2, 0.25) is 0 Å². The SMILES string of the molecule is CCCC(CCCCN)c1cnc(C[C@H](O)[C@H](O)CO)cn1. The van der Waals surface area contributed by atoms with Gasteiger partial charge in [0.15, 0.2) is 0 Å². The Hall–Kier alpha value is -1.08. The zero-order chi connectivity index (χ0) is 16.4. The lowest BCUT2D eigenvalue weighted by Gasteiger charge is -2.17. The molecule has 0 spiro atoms. The van der Waals surface area contributed by atoms with Crippen LogP contribution in [0.15, 0.2) is 12.4 Å². The van der Waals surface area contributed by atoms with Gasteiger partial charge in [-0.25, -0.2) is 0 Å². The highest BCUT2D eigenvalue weighted by atomic mass is 16.4. The summed E-state index contributed by atoms with van der Waals surface area (Å²) in [5.74, 6) is 0.394. The summed E-state index contributed by atoms with van der Waals surface area (Å²) in [5, 5.41) is 27.9. The molecule has 6 heteroatoms. The molecule has 22 heavy (non-hydrogen) atoms. The highest BCUT2D eigenvalue weighted by Crippen LogP contribution is 2.25. The van der Waals surface area contributed by atoms with E-state index in [4.69, 9.17) is 10.8 Å². The van der Waals surface area contributed by atoms with Crippen molar-refractivity contribution in [3.05, 3.63) is 23.8 Å². The van der Waals surface area contributed by atoms with Crippen LogP contribution in [0, 0.1) is 0 Å². The Kier molecular flexibility index (Phi) is 9.15. The Morgan fingerprint density at radius 2 is 1.86 bits per heavy atom. The van der Waals surface area contributed by atoms with Crippen molar-refractivity contribution in [2.75, 3.05) is 13.2 Å². The molecule has 1 unspecified atom stereocenters. The molecule has 5 N–H and O–H groups in total. The Balaban J connectivity index is 2.63. The van der Waals surface area contributed by atoms with E-state index in [1.807, 2.05) is 0 Å². The van der Waals surface area contributed by atoms with Crippen LogP contribution in [0.2, 0.25) is 0 Å². The molecule has 0 aliphatic heterocycles. The molecule has 0 aliphatic carbocycles. The van der Waals surface area contributed by atoms with Crippen molar-refractivity contribution in [3.63, 3.8) is 0 Å². The van der Waals surface area contributed by atoms with Crippen molar-refractivity contribution >= 4 is 0 Å². The van der Waals surface area contributed by atoms with Crippen LogP contribution in [-0.4, -0.2) is 50.6 Å². The molecule has 1 aromatic rings. The summed E-state index contributed by atoms with van der Waals surface area (Å²) in [6.45, 7) is 2.41. The molecular weight excluding hydrogens is 282 g/mol. The minimum atomic E-state index is -1.15. The summed E-state index contributed by atoms with van der Waals surface area (Å²) in [5.41, 5.74) is 7.12. The van der Waals surface area contributed by atoms with Gasteiger partial charge in [-0.15, -0.1) is 0 Å². The van der Waals surface area contributed by atoms with Crippen LogP contribution in [0.4, 0.5) is 0 Å². The van der Waals surface area contributed by atoms with E-state index in [-0.39, 0.29) is 6.42 Å². The normalized spacial score (nSPS) is 15.5. The van der Waals surface area contributed by atoms with Gasteiger partial charge in [0.25, 0.3) is 0 Å². The number of aromatic nitrogens is 2. The first-order valence-corrected chi connectivity index (χ1v) is 8.10. The number of aliphatic hydroxyl groups excluding tert-OH is 3. The quantitative estimate of drug-likeness (QED) is 0.449. The highest BCUT2D eigenvalue weighted by molar-refractivity contribution is 5.08. The van der Waals surface area contributed by atoms with E-state index in [1.165, 1.54) is 0 Å². The second kappa shape index (κ2) is 10.6. The lowest BCUT2D eigenvalue weighted by atomic mass is 9.94. The van der Waals surface area contributed by atoms with Crippen molar-refractivity contribution in [2.45, 2.75) is 63.6 Å². The molecule has 0 aromatic carbocycles. The minimum Gasteiger partial charge on any atom is -0.394 e. The number of unbranched alkanes of at least 4 members (excludes halogenated alkanes) is 1. The zero-order valence-electron chi connectivity index (χ0n) is 13.4. The van der Waals surface area contributed by atoms with Gasteiger partial charge in [0, 0.05) is 24.7 Å². The molecule has 3 atom stereocenters. The van der Waals surface area contributed by atoms with Gasteiger partial charge < -0.3 is 21.1 Å². The summed E-state index contributed by atoms with van der Waals surface area (Å²) in [6, 6.07) is 0. The fourth-order valence-corrected chi connectivity index (χ4v) is 2.48. The van der Waals surface area contributed by atoms with E-state index in [0.717, 1.165) is 37.8 Å². The summed E-state index contributed by atoms with van der Waals surface area (Å²) in [6.07, 6.45) is 6.76. The van der Waals surface area contributed by atoms with Crippen LogP contribution in [-0.2, 0) is 6.42 Å². The van der Waals surface area contributed by atoms with E-state index in [0.29, 0.717) is 18.2 Å². The average molecular weight is 311 g/mol. The van der Waals surface area contributed by atoms with Gasteiger partial charge in [-0.3, -0.25) is 9.97 Å². The van der Waals surface area contributed by atoms with E-state index in [2.05, 4.69) is 16.9 Å². The van der Waals surface area contributed by atoms with Gasteiger partial charge in [0.1, 0.15) is 6.10 Å². The molecule has 1 aromatic heterocycles. The predicted octanol–water partition coefficient (Wildman–Crippen LogP) is 0.746. The molecule has 0 aliphatic rings. The fourth-order valence-electron chi connectivity index (χ4n) is 2.48. The molecule has 0 bridgehead atoms. The van der Waals surface area contributed by atoms with Gasteiger partial charge in [-0.05, 0) is 25.8 Å². The van der Waals surface area contributed by atoms with Crippen molar-refractivity contribution in [1.82, 2.24) is 9.97 Å². The van der Waals surface area contributed by atoms with Crippen LogP contribution in [0.5, 0.6) is 0 Å². The lowest BCUT2D eigenvalue weighted by Crippen LogP contribution is -2.31.